The van der Waals surface area contributed by atoms with E-state index >= 15 is 0 Å². The molecule has 0 saturated heterocycles. The van der Waals surface area contributed by atoms with E-state index in [1.807, 2.05) is 12.1 Å². The monoisotopic (exact) mass is 388 g/mol. The molecule has 0 aliphatic rings. The van der Waals surface area contributed by atoms with Gasteiger partial charge in [0.1, 0.15) is 17.2 Å². The van der Waals surface area contributed by atoms with Gasteiger partial charge in [-0.15, -0.1) is 0 Å². The molecule has 1 heterocycles. The number of nitrogens with zero attached hydrogens (tertiary/aromatic N) is 2. The number of hydrogen-bond acceptors (Lipinski definition) is 5. The number of fused-ring (bicyclic) bond motifs is 1. The second-order valence-corrected chi connectivity index (χ2v) is 7.15. The zero-order valence-corrected chi connectivity index (χ0v) is 16.1. The van der Waals surface area contributed by atoms with Crippen molar-refractivity contribution in [3.8, 4) is 17.2 Å². The van der Waals surface area contributed by atoms with Crippen LogP contribution in [0.15, 0.2) is 53.1 Å². The van der Waals surface area contributed by atoms with Crippen molar-refractivity contribution in [1.82, 2.24) is 3.97 Å². The van der Waals surface area contributed by atoms with E-state index in [1.54, 1.807) is 37.4 Å². The average molecular weight is 388 g/mol. The maximum atomic E-state index is 12.6. The molecule has 0 spiro atoms. The number of aromatic nitrogens is 1. The molecule has 3 rings (SSSR count). The summed E-state index contributed by atoms with van der Waals surface area (Å²) in [7, 11) is 0.710. The van der Waals surface area contributed by atoms with Crippen LogP contribution >= 0.6 is 0 Å². The SMILES string of the molecule is COc1cc(OC)c(CC=NS(=O)(=O)n2ccc3ccccc32)c(OC)c1. The first-order chi connectivity index (χ1) is 13.0. The Labute approximate surface area is 158 Å². The molecule has 0 fully saturated rings. The van der Waals surface area contributed by atoms with E-state index in [0.717, 1.165) is 9.36 Å². The topological polar surface area (TPSA) is 79.1 Å². The highest BCUT2D eigenvalue weighted by Crippen LogP contribution is 2.34. The first kappa shape index (κ1) is 18.8. The van der Waals surface area contributed by atoms with Gasteiger partial charge in [0.15, 0.2) is 0 Å². The molecule has 142 valence electrons. The van der Waals surface area contributed by atoms with Gasteiger partial charge >= 0.3 is 10.2 Å². The normalized spacial score (nSPS) is 11.8. The Hall–Kier alpha value is -3.00. The van der Waals surface area contributed by atoms with Gasteiger partial charge in [0, 0.05) is 41.9 Å². The zero-order valence-electron chi connectivity index (χ0n) is 15.2. The Morgan fingerprint density at radius 3 is 2.30 bits per heavy atom. The molecule has 0 unspecified atom stereocenters. The number of hydrogen-bond donors (Lipinski definition) is 0. The van der Waals surface area contributed by atoms with Gasteiger partial charge in [0.25, 0.3) is 0 Å². The number of benzene rings is 2. The van der Waals surface area contributed by atoms with Crippen LogP contribution in [-0.4, -0.2) is 39.9 Å². The van der Waals surface area contributed by atoms with Crippen LogP contribution in [0.4, 0.5) is 0 Å². The van der Waals surface area contributed by atoms with Crippen molar-refractivity contribution >= 4 is 27.3 Å². The Morgan fingerprint density at radius 1 is 1.00 bits per heavy atom. The lowest BCUT2D eigenvalue weighted by atomic mass is 10.1. The highest BCUT2D eigenvalue weighted by atomic mass is 32.2. The minimum absolute atomic E-state index is 0.217. The van der Waals surface area contributed by atoms with E-state index in [0.29, 0.717) is 28.3 Å². The molecule has 0 atom stereocenters. The smallest absolute Gasteiger partial charge is 0.348 e. The molecule has 0 aliphatic carbocycles. The van der Waals surface area contributed by atoms with Crippen molar-refractivity contribution in [2.75, 3.05) is 21.3 Å². The Morgan fingerprint density at radius 2 is 1.67 bits per heavy atom. The van der Waals surface area contributed by atoms with Gasteiger partial charge in [-0.2, -0.15) is 12.8 Å². The number of methoxy groups -OCH3 is 3. The molecule has 8 heteroatoms. The zero-order chi connectivity index (χ0) is 19.4. The summed E-state index contributed by atoms with van der Waals surface area (Å²) in [6.45, 7) is 0. The van der Waals surface area contributed by atoms with E-state index in [9.17, 15) is 8.42 Å². The van der Waals surface area contributed by atoms with Crippen LogP contribution in [0, 0.1) is 0 Å². The van der Waals surface area contributed by atoms with Crippen LogP contribution in [0.3, 0.4) is 0 Å². The fourth-order valence-electron chi connectivity index (χ4n) is 2.81. The van der Waals surface area contributed by atoms with Crippen molar-refractivity contribution in [2.24, 2.45) is 4.40 Å². The Bertz CT molecular complexity index is 1060. The number of rotatable bonds is 7. The van der Waals surface area contributed by atoms with E-state index in [4.69, 9.17) is 14.2 Å². The van der Waals surface area contributed by atoms with Crippen molar-refractivity contribution in [3.63, 3.8) is 0 Å². The molecule has 0 aliphatic heterocycles. The van der Waals surface area contributed by atoms with Crippen LogP contribution in [0.1, 0.15) is 5.56 Å². The molecular weight excluding hydrogens is 368 g/mol. The van der Waals surface area contributed by atoms with E-state index in [-0.39, 0.29) is 6.42 Å². The summed E-state index contributed by atoms with van der Waals surface area (Å²) in [5, 5.41) is 0.828. The fraction of sp³-hybridized carbons (Fsp3) is 0.211. The van der Waals surface area contributed by atoms with E-state index < -0.39 is 10.2 Å². The molecule has 0 amide bonds. The largest absolute Gasteiger partial charge is 0.496 e. The summed E-state index contributed by atoms with van der Waals surface area (Å²) in [4.78, 5) is 0. The maximum absolute atomic E-state index is 12.6. The third kappa shape index (κ3) is 3.75. The van der Waals surface area contributed by atoms with Gasteiger partial charge in [-0.25, -0.2) is 3.97 Å². The molecule has 7 nitrogen and oxygen atoms in total. The quantitative estimate of drug-likeness (QED) is 0.581. The fourth-order valence-corrected chi connectivity index (χ4v) is 3.81. The Balaban J connectivity index is 1.91. The van der Waals surface area contributed by atoms with Crippen LogP contribution < -0.4 is 14.2 Å². The standard InChI is InChI=1S/C19H20N2O5S/c1-24-15-12-18(25-2)16(19(13-15)26-3)8-10-20-27(22,23)21-11-9-14-6-4-5-7-17(14)21/h4-7,9-13H,8H2,1-3H3. The first-order valence-electron chi connectivity index (χ1n) is 8.14. The van der Waals surface area contributed by atoms with Crippen LogP contribution in [-0.2, 0) is 16.6 Å². The van der Waals surface area contributed by atoms with Crippen molar-refractivity contribution in [1.29, 1.82) is 0 Å². The van der Waals surface area contributed by atoms with Crippen LogP contribution in [0.2, 0.25) is 0 Å². The molecule has 0 bridgehead atoms. The Kier molecular flexibility index (Phi) is 5.36. The molecule has 2 aromatic carbocycles. The molecular formula is C19H20N2O5S. The van der Waals surface area contributed by atoms with Crippen molar-refractivity contribution in [3.05, 3.63) is 54.2 Å². The third-order valence-electron chi connectivity index (χ3n) is 4.13. The molecule has 27 heavy (non-hydrogen) atoms. The molecule has 0 radical (unpaired) electrons. The van der Waals surface area contributed by atoms with Gasteiger partial charge in [-0.1, -0.05) is 18.2 Å². The van der Waals surface area contributed by atoms with Crippen molar-refractivity contribution in [2.45, 2.75) is 6.42 Å². The third-order valence-corrected chi connectivity index (χ3v) is 5.36. The number of ether oxygens (including phenoxy) is 3. The number of para-hydroxylation sites is 1. The summed E-state index contributed by atoms with van der Waals surface area (Å²) in [6, 6.07) is 12.4. The van der Waals surface area contributed by atoms with E-state index in [2.05, 4.69) is 4.40 Å². The summed E-state index contributed by atoms with van der Waals surface area (Å²) < 4.78 is 46.1. The summed E-state index contributed by atoms with van der Waals surface area (Å²) in [6.07, 6.45) is 3.04. The second-order valence-electron chi connectivity index (χ2n) is 5.65. The average Bonchev–Trinajstić information content (AvgIpc) is 3.12. The van der Waals surface area contributed by atoms with Gasteiger partial charge < -0.3 is 14.2 Å². The maximum Gasteiger partial charge on any atom is 0.348 e. The predicted molar refractivity (Wildman–Crippen MR) is 105 cm³/mol. The highest BCUT2D eigenvalue weighted by Gasteiger charge is 2.15. The first-order valence-corrected chi connectivity index (χ1v) is 9.54. The van der Waals surface area contributed by atoms with Crippen LogP contribution in [0.25, 0.3) is 10.9 Å². The lowest BCUT2D eigenvalue weighted by Gasteiger charge is -2.13. The van der Waals surface area contributed by atoms with Gasteiger partial charge in [-0.3, -0.25) is 0 Å². The molecule has 0 saturated carbocycles. The highest BCUT2D eigenvalue weighted by molar-refractivity contribution is 7.88. The van der Waals surface area contributed by atoms with Gasteiger partial charge in [0.05, 0.1) is 26.8 Å². The summed E-state index contributed by atoms with van der Waals surface area (Å²) >= 11 is 0. The lowest BCUT2D eigenvalue weighted by Crippen LogP contribution is -2.09. The van der Waals surface area contributed by atoms with Gasteiger partial charge in [0.2, 0.25) is 0 Å². The molecule has 1 aromatic heterocycles. The summed E-state index contributed by atoms with van der Waals surface area (Å²) in [5.74, 6) is 1.64. The second kappa shape index (κ2) is 7.71. The summed E-state index contributed by atoms with van der Waals surface area (Å²) in [5.41, 5.74) is 1.26. The van der Waals surface area contributed by atoms with Crippen molar-refractivity contribution < 1.29 is 22.6 Å². The van der Waals surface area contributed by atoms with E-state index in [1.165, 1.54) is 26.6 Å². The minimum Gasteiger partial charge on any atom is -0.496 e. The minimum atomic E-state index is -3.89. The lowest BCUT2D eigenvalue weighted by molar-refractivity contribution is 0.370. The van der Waals surface area contributed by atoms with Gasteiger partial charge in [-0.05, 0) is 12.1 Å². The van der Waals surface area contributed by atoms with Crippen LogP contribution in [0.5, 0.6) is 17.2 Å². The molecule has 0 N–H and O–H groups in total. The predicted octanol–water partition coefficient (Wildman–Crippen LogP) is 3.07. The molecule has 3 aromatic rings.